The van der Waals surface area contributed by atoms with Gasteiger partial charge in [0.1, 0.15) is 5.60 Å². The molecule has 1 atom stereocenters. The second kappa shape index (κ2) is 11.5. The van der Waals surface area contributed by atoms with Crippen LogP contribution in [-0.4, -0.2) is 66.0 Å². The topological polar surface area (TPSA) is 67.8 Å². The number of carbonyl (C=O) groups is 1. The molecule has 1 aromatic heterocycles. The van der Waals surface area contributed by atoms with E-state index in [0.717, 1.165) is 83.4 Å². The molecule has 0 unspecified atom stereocenters. The second-order valence-corrected chi connectivity index (χ2v) is 10.7. The molecule has 3 rings (SSSR count). The van der Waals surface area contributed by atoms with E-state index in [-0.39, 0.29) is 6.09 Å². The predicted octanol–water partition coefficient (Wildman–Crippen LogP) is 5.04. The summed E-state index contributed by atoms with van der Waals surface area (Å²) in [5, 5.41) is 0.575. The van der Waals surface area contributed by atoms with Crippen LogP contribution in [0.3, 0.4) is 0 Å². The summed E-state index contributed by atoms with van der Waals surface area (Å²) in [7, 11) is 0. The van der Waals surface area contributed by atoms with Crippen LogP contribution < -0.4 is 4.90 Å². The summed E-state index contributed by atoms with van der Waals surface area (Å²) < 4.78 is 11.5. The Kier molecular flexibility index (Phi) is 9.00. The van der Waals surface area contributed by atoms with Crippen molar-refractivity contribution in [3.05, 3.63) is 17.4 Å². The summed E-state index contributed by atoms with van der Waals surface area (Å²) in [5.74, 6) is 2.68. The number of carbonyl (C=O) groups excluding carboxylic acids is 1. The van der Waals surface area contributed by atoms with E-state index in [1.165, 1.54) is 0 Å². The molecule has 0 bridgehead atoms. The number of nitrogens with zero attached hydrogens (tertiary/aromatic N) is 4. The van der Waals surface area contributed by atoms with Gasteiger partial charge in [0.2, 0.25) is 5.95 Å². The van der Waals surface area contributed by atoms with Crippen molar-refractivity contribution in [2.45, 2.75) is 65.4 Å². The van der Waals surface area contributed by atoms with E-state index in [2.05, 4.69) is 21.8 Å². The van der Waals surface area contributed by atoms with Crippen molar-refractivity contribution < 1.29 is 14.3 Å². The van der Waals surface area contributed by atoms with Crippen molar-refractivity contribution >= 4 is 23.6 Å². The fourth-order valence-electron chi connectivity index (χ4n) is 4.50. The first-order chi connectivity index (χ1) is 15.2. The fourth-order valence-corrected chi connectivity index (χ4v) is 4.60. The minimum atomic E-state index is -0.437. The number of piperidine rings is 2. The lowest BCUT2D eigenvalue weighted by Crippen LogP contribution is -2.42. The normalized spacial score (nSPS) is 19.8. The third-order valence-corrected chi connectivity index (χ3v) is 6.77. The smallest absolute Gasteiger partial charge is 0.410 e. The van der Waals surface area contributed by atoms with Gasteiger partial charge in [-0.1, -0.05) is 18.5 Å². The minimum absolute atomic E-state index is 0.195. The third-order valence-electron chi connectivity index (χ3n) is 6.57. The van der Waals surface area contributed by atoms with Gasteiger partial charge in [0, 0.05) is 39.4 Å². The summed E-state index contributed by atoms with van der Waals surface area (Å²) >= 11 is 5.89. The Balaban J connectivity index is 1.27. The molecule has 2 fully saturated rings. The minimum Gasteiger partial charge on any atom is -0.444 e. The van der Waals surface area contributed by atoms with Crippen LogP contribution in [0, 0.1) is 17.8 Å². The van der Waals surface area contributed by atoms with Crippen LogP contribution in [0.5, 0.6) is 0 Å². The van der Waals surface area contributed by atoms with Crippen molar-refractivity contribution in [2.24, 2.45) is 17.8 Å². The summed E-state index contributed by atoms with van der Waals surface area (Å²) in [4.78, 5) is 24.9. The van der Waals surface area contributed by atoms with E-state index in [1.807, 2.05) is 25.7 Å². The Bertz CT molecular complexity index is 709. The maximum Gasteiger partial charge on any atom is 0.410 e. The molecule has 8 heteroatoms. The molecule has 180 valence electrons. The first-order valence-corrected chi connectivity index (χ1v) is 12.4. The van der Waals surface area contributed by atoms with Crippen LogP contribution in [0.1, 0.15) is 59.8 Å². The molecular weight excluding hydrogens is 428 g/mol. The second-order valence-electron chi connectivity index (χ2n) is 10.3. The molecule has 7 nitrogen and oxygen atoms in total. The van der Waals surface area contributed by atoms with Gasteiger partial charge in [-0.05, 0) is 70.6 Å². The Morgan fingerprint density at radius 1 is 1.12 bits per heavy atom. The van der Waals surface area contributed by atoms with Crippen LogP contribution in [0.15, 0.2) is 12.4 Å². The number of likely N-dealkylation sites (tertiary alicyclic amines) is 1. The number of anilines is 1. The average Bonchev–Trinajstić information content (AvgIpc) is 2.76. The Morgan fingerprint density at radius 2 is 1.75 bits per heavy atom. The van der Waals surface area contributed by atoms with Crippen molar-refractivity contribution in [3.8, 4) is 0 Å². The molecule has 0 N–H and O–H groups in total. The van der Waals surface area contributed by atoms with E-state index in [4.69, 9.17) is 21.1 Å². The molecule has 2 aliphatic rings. The van der Waals surface area contributed by atoms with Gasteiger partial charge in [-0.15, -0.1) is 0 Å². The number of aromatic nitrogens is 2. The Morgan fingerprint density at radius 3 is 2.34 bits per heavy atom. The number of amides is 1. The standard InChI is InChI=1S/C24H39ClN4O3/c1-18(20-7-12-28(13-8-20)22-26-15-21(25)16-27-22)9-14-31-17-19-5-10-29(11-6-19)23(30)32-24(2,3)4/h15-16,18-20H,5-14,17H2,1-4H3/t18-/m0/s1. The number of hydrogen-bond acceptors (Lipinski definition) is 6. The lowest BCUT2D eigenvalue weighted by molar-refractivity contribution is 0.0106. The fraction of sp³-hybridized carbons (Fsp3) is 0.792. The molecule has 2 saturated heterocycles. The van der Waals surface area contributed by atoms with Gasteiger partial charge in [-0.25, -0.2) is 14.8 Å². The molecule has 1 aromatic rings. The van der Waals surface area contributed by atoms with Gasteiger partial charge in [0.05, 0.1) is 17.4 Å². The van der Waals surface area contributed by atoms with E-state index >= 15 is 0 Å². The quantitative estimate of drug-likeness (QED) is 0.524. The zero-order valence-electron chi connectivity index (χ0n) is 20.1. The zero-order valence-corrected chi connectivity index (χ0v) is 20.8. The number of hydrogen-bond donors (Lipinski definition) is 0. The number of ether oxygens (including phenoxy) is 2. The third kappa shape index (κ3) is 7.77. The average molecular weight is 467 g/mol. The first-order valence-electron chi connectivity index (χ1n) is 12.0. The maximum atomic E-state index is 12.2. The lowest BCUT2D eigenvalue weighted by Gasteiger charge is -2.35. The summed E-state index contributed by atoms with van der Waals surface area (Å²) in [6, 6.07) is 0. The van der Waals surface area contributed by atoms with Crippen LogP contribution in [0.4, 0.5) is 10.7 Å². The summed E-state index contributed by atoms with van der Waals surface area (Å²) in [6.07, 6.45) is 8.53. The molecule has 1 amide bonds. The van der Waals surface area contributed by atoms with E-state index in [9.17, 15) is 4.79 Å². The summed E-state index contributed by atoms with van der Waals surface area (Å²) in [5.41, 5.74) is -0.437. The molecule has 32 heavy (non-hydrogen) atoms. The van der Waals surface area contributed by atoms with Gasteiger partial charge < -0.3 is 19.3 Å². The van der Waals surface area contributed by atoms with Crippen molar-refractivity contribution in [1.29, 1.82) is 0 Å². The Hall–Kier alpha value is -1.60. The Labute approximate surface area is 197 Å². The van der Waals surface area contributed by atoms with Gasteiger partial charge in [0.15, 0.2) is 0 Å². The molecule has 0 aliphatic carbocycles. The molecule has 0 radical (unpaired) electrons. The van der Waals surface area contributed by atoms with E-state index in [1.54, 1.807) is 12.4 Å². The molecule has 3 heterocycles. The molecule has 2 aliphatic heterocycles. The highest BCUT2D eigenvalue weighted by atomic mass is 35.5. The van der Waals surface area contributed by atoms with Crippen LogP contribution >= 0.6 is 11.6 Å². The number of halogens is 1. The largest absolute Gasteiger partial charge is 0.444 e. The van der Waals surface area contributed by atoms with Crippen molar-refractivity contribution in [1.82, 2.24) is 14.9 Å². The highest BCUT2D eigenvalue weighted by Gasteiger charge is 2.27. The zero-order chi connectivity index (χ0) is 23.1. The highest BCUT2D eigenvalue weighted by Crippen LogP contribution is 2.29. The van der Waals surface area contributed by atoms with Crippen LogP contribution in [0.2, 0.25) is 5.02 Å². The van der Waals surface area contributed by atoms with E-state index in [0.29, 0.717) is 16.9 Å². The predicted molar refractivity (Wildman–Crippen MR) is 127 cm³/mol. The highest BCUT2D eigenvalue weighted by molar-refractivity contribution is 6.30. The SMILES string of the molecule is C[C@@H](CCOCC1CCN(C(=O)OC(C)(C)C)CC1)C1CCN(c2ncc(Cl)cn2)CC1. The summed E-state index contributed by atoms with van der Waals surface area (Å²) in [6.45, 7) is 13.2. The van der Waals surface area contributed by atoms with E-state index < -0.39 is 5.60 Å². The molecular formula is C24H39ClN4O3. The van der Waals surface area contributed by atoms with Gasteiger partial charge in [-0.2, -0.15) is 0 Å². The monoisotopic (exact) mass is 466 g/mol. The molecule has 0 saturated carbocycles. The van der Waals surface area contributed by atoms with Gasteiger partial charge in [-0.3, -0.25) is 0 Å². The first kappa shape index (κ1) is 25.0. The molecule has 0 spiro atoms. The molecule has 0 aromatic carbocycles. The van der Waals surface area contributed by atoms with Crippen LogP contribution in [-0.2, 0) is 9.47 Å². The number of rotatable bonds is 7. The van der Waals surface area contributed by atoms with Gasteiger partial charge >= 0.3 is 6.09 Å². The van der Waals surface area contributed by atoms with Crippen molar-refractivity contribution in [3.63, 3.8) is 0 Å². The lowest BCUT2D eigenvalue weighted by atomic mass is 9.84. The van der Waals surface area contributed by atoms with Gasteiger partial charge in [0.25, 0.3) is 0 Å². The van der Waals surface area contributed by atoms with Crippen molar-refractivity contribution in [2.75, 3.05) is 44.3 Å². The van der Waals surface area contributed by atoms with Crippen LogP contribution in [0.25, 0.3) is 0 Å². The maximum absolute atomic E-state index is 12.2.